The Morgan fingerprint density at radius 1 is 1.15 bits per heavy atom. The number of nitrogens with one attached hydrogen (secondary N) is 1. The van der Waals surface area contributed by atoms with Crippen molar-refractivity contribution in [1.29, 1.82) is 0 Å². The molecule has 0 saturated carbocycles. The van der Waals surface area contributed by atoms with Crippen LogP contribution in [0.3, 0.4) is 0 Å². The normalized spacial score (nSPS) is 12.4. The molecule has 0 saturated heterocycles. The number of carboxylic acid groups (broad SMARTS) is 1. The number of hydrogen-bond acceptors (Lipinski definition) is 4. The van der Waals surface area contributed by atoms with Crippen molar-refractivity contribution in [2.24, 2.45) is 0 Å². The van der Waals surface area contributed by atoms with Crippen LogP contribution in [0.25, 0.3) is 0 Å². The Balaban J connectivity index is 1.78. The van der Waals surface area contributed by atoms with E-state index in [-0.39, 0.29) is 18.4 Å². The number of ether oxygens (including phenoxy) is 1. The number of aliphatic hydroxyl groups is 1. The van der Waals surface area contributed by atoms with Crippen LogP contribution in [0.15, 0.2) is 48.5 Å². The number of anilines is 1. The Morgan fingerprint density at radius 2 is 1.85 bits per heavy atom. The summed E-state index contributed by atoms with van der Waals surface area (Å²) < 4.78 is 5.63. The third kappa shape index (κ3) is 7.31. The Bertz CT molecular complexity index is 735. The van der Waals surface area contributed by atoms with E-state index in [1.807, 2.05) is 30.3 Å². The summed E-state index contributed by atoms with van der Waals surface area (Å²) in [6.45, 7) is 7.07. The molecule has 3 N–H and O–H groups in total. The van der Waals surface area contributed by atoms with Crippen LogP contribution in [0.1, 0.15) is 38.3 Å². The molecule has 5 nitrogen and oxygen atoms in total. The summed E-state index contributed by atoms with van der Waals surface area (Å²) in [5.41, 5.74) is 3.24. The highest BCUT2D eigenvalue weighted by atomic mass is 16.5. The summed E-state index contributed by atoms with van der Waals surface area (Å²) in [4.78, 5) is 10.7. The predicted molar refractivity (Wildman–Crippen MR) is 108 cm³/mol. The Labute approximate surface area is 161 Å². The maximum absolute atomic E-state index is 10.7. The van der Waals surface area contributed by atoms with Crippen molar-refractivity contribution >= 4 is 11.7 Å². The van der Waals surface area contributed by atoms with Gasteiger partial charge in [0, 0.05) is 18.7 Å². The lowest BCUT2D eigenvalue weighted by molar-refractivity contribution is -0.136. The fraction of sp³-hybridized carbons (Fsp3) is 0.409. The van der Waals surface area contributed by atoms with Gasteiger partial charge in [-0.05, 0) is 47.2 Å². The van der Waals surface area contributed by atoms with Crippen LogP contribution >= 0.6 is 0 Å². The lowest BCUT2D eigenvalue weighted by Gasteiger charge is -2.20. The predicted octanol–water partition coefficient (Wildman–Crippen LogP) is 3.85. The van der Waals surface area contributed by atoms with Crippen molar-refractivity contribution in [3.05, 3.63) is 59.7 Å². The van der Waals surface area contributed by atoms with Crippen LogP contribution in [0.4, 0.5) is 5.69 Å². The fourth-order valence-corrected chi connectivity index (χ4v) is 2.62. The minimum Gasteiger partial charge on any atom is -0.491 e. The van der Waals surface area contributed by atoms with Crippen LogP contribution in [-0.2, 0) is 16.6 Å². The number of rotatable bonds is 9. The molecule has 27 heavy (non-hydrogen) atoms. The lowest BCUT2D eigenvalue weighted by atomic mass is 9.87. The second kappa shape index (κ2) is 9.42. The first-order valence-electron chi connectivity index (χ1n) is 9.20. The molecule has 2 rings (SSSR count). The van der Waals surface area contributed by atoms with Gasteiger partial charge in [-0.15, -0.1) is 0 Å². The van der Waals surface area contributed by atoms with Crippen LogP contribution in [0, 0.1) is 0 Å². The molecule has 0 heterocycles. The second-order valence-corrected chi connectivity index (χ2v) is 7.71. The monoisotopic (exact) mass is 371 g/mol. The van der Waals surface area contributed by atoms with Crippen molar-refractivity contribution in [2.45, 2.75) is 45.1 Å². The van der Waals surface area contributed by atoms with Gasteiger partial charge < -0.3 is 20.3 Å². The van der Waals surface area contributed by atoms with Gasteiger partial charge in [0.15, 0.2) is 0 Å². The number of aryl methyl sites for hydroxylation is 1. The van der Waals surface area contributed by atoms with Crippen molar-refractivity contribution < 1.29 is 19.7 Å². The Morgan fingerprint density at radius 3 is 2.48 bits per heavy atom. The van der Waals surface area contributed by atoms with Gasteiger partial charge in [-0.25, -0.2) is 0 Å². The van der Waals surface area contributed by atoms with Crippen LogP contribution in [0.5, 0.6) is 5.75 Å². The van der Waals surface area contributed by atoms with Crippen LogP contribution < -0.4 is 10.1 Å². The summed E-state index contributed by atoms with van der Waals surface area (Å²) in [5.74, 6) is -0.190. The molecule has 0 aromatic heterocycles. The number of hydrogen-bond donors (Lipinski definition) is 3. The minimum atomic E-state index is -0.821. The van der Waals surface area contributed by atoms with Gasteiger partial charge in [0.1, 0.15) is 18.5 Å². The zero-order chi connectivity index (χ0) is 19.9. The lowest BCUT2D eigenvalue weighted by Crippen LogP contribution is -2.26. The average Bonchev–Trinajstić information content (AvgIpc) is 2.63. The smallest absolute Gasteiger partial charge is 0.303 e. The highest BCUT2D eigenvalue weighted by Gasteiger charge is 2.13. The summed E-state index contributed by atoms with van der Waals surface area (Å²) in [5, 5.41) is 22.1. The molecule has 0 aliphatic heterocycles. The van der Waals surface area contributed by atoms with Crippen LogP contribution in [-0.4, -0.2) is 35.4 Å². The fourth-order valence-electron chi connectivity index (χ4n) is 2.62. The van der Waals surface area contributed by atoms with Gasteiger partial charge in [-0.1, -0.05) is 45.0 Å². The molecule has 1 atom stereocenters. The highest BCUT2D eigenvalue weighted by Crippen LogP contribution is 2.23. The van der Waals surface area contributed by atoms with E-state index in [2.05, 4.69) is 38.2 Å². The van der Waals surface area contributed by atoms with Crippen molar-refractivity contribution in [3.63, 3.8) is 0 Å². The maximum atomic E-state index is 10.7. The standard InChI is InChI=1S/C22H29NO4/c1-22(2,3)17-8-10-18(11-9-17)23-14-19(24)15-27-20-6-4-5-16(13-20)7-12-21(25)26/h4-6,8-11,13,19,23-24H,7,12,14-15H2,1-3H3,(H,25,26). The molecular formula is C22H29NO4. The minimum absolute atomic E-state index is 0.0873. The molecule has 0 aliphatic carbocycles. The first-order valence-corrected chi connectivity index (χ1v) is 9.20. The number of benzene rings is 2. The summed E-state index contributed by atoms with van der Waals surface area (Å²) >= 11 is 0. The second-order valence-electron chi connectivity index (χ2n) is 7.71. The Hall–Kier alpha value is -2.53. The molecule has 0 bridgehead atoms. The first-order chi connectivity index (χ1) is 12.7. The SMILES string of the molecule is CC(C)(C)c1ccc(NCC(O)COc2cccc(CCC(=O)O)c2)cc1. The van der Waals surface area contributed by atoms with Crippen molar-refractivity contribution in [3.8, 4) is 5.75 Å². The number of carbonyl (C=O) groups is 1. The largest absolute Gasteiger partial charge is 0.491 e. The molecule has 2 aromatic rings. The van der Waals surface area contributed by atoms with Gasteiger partial charge in [-0.3, -0.25) is 4.79 Å². The van der Waals surface area contributed by atoms with Crippen molar-refractivity contribution in [2.75, 3.05) is 18.5 Å². The molecule has 146 valence electrons. The third-order valence-electron chi connectivity index (χ3n) is 4.26. The number of aliphatic hydroxyl groups excluding tert-OH is 1. The highest BCUT2D eigenvalue weighted by molar-refractivity contribution is 5.67. The molecule has 0 spiro atoms. The molecule has 0 amide bonds. The van der Waals surface area contributed by atoms with Gasteiger partial charge in [0.05, 0.1) is 0 Å². The first kappa shape index (κ1) is 20.8. The average molecular weight is 371 g/mol. The number of carboxylic acids is 1. The van der Waals surface area contributed by atoms with E-state index in [9.17, 15) is 9.90 Å². The topological polar surface area (TPSA) is 78.8 Å². The molecule has 0 aliphatic rings. The zero-order valence-corrected chi connectivity index (χ0v) is 16.2. The third-order valence-corrected chi connectivity index (χ3v) is 4.26. The van der Waals surface area contributed by atoms with Gasteiger partial charge in [0.2, 0.25) is 0 Å². The van der Waals surface area contributed by atoms with Gasteiger partial charge in [-0.2, -0.15) is 0 Å². The van der Waals surface area contributed by atoms with E-state index in [1.165, 1.54) is 5.56 Å². The van der Waals surface area contributed by atoms with E-state index in [0.717, 1.165) is 11.3 Å². The van der Waals surface area contributed by atoms with E-state index in [1.54, 1.807) is 6.07 Å². The summed E-state index contributed by atoms with van der Waals surface area (Å²) in [6, 6.07) is 15.5. The maximum Gasteiger partial charge on any atom is 0.303 e. The Kier molecular flexibility index (Phi) is 7.25. The summed E-state index contributed by atoms with van der Waals surface area (Å²) in [7, 11) is 0. The van der Waals surface area contributed by atoms with Crippen molar-refractivity contribution in [1.82, 2.24) is 0 Å². The van der Waals surface area contributed by atoms with E-state index in [0.29, 0.717) is 18.7 Å². The van der Waals surface area contributed by atoms with Gasteiger partial charge in [0.25, 0.3) is 0 Å². The summed E-state index contributed by atoms with van der Waals surface area (Å²) in [6.07, 6.45) is -0.111. The molecule has 2 aromatic carbocycles. The van der Waals surface area contributed by atoms with E-state index >= 15 is 0 Å². The van der Waals surface area contributed by atoms with Crippen LogP contribution in [0.2, 0.25) is 0 Å². The molecule has 0 radical (unpaired) electrons. The molecule has 0 fully saturated rings. The molecule has 5 heteroatoms. The molecule has 1 unspecified atom stereocenters. The number of aliphatic carboxylic acids is 1. The quantitative estimate of drug-likeness (QED) is 0.624. The zero-order valence-electron chi connectivity index (χ0n) is 16.2. The van der Waals surface area contributed by atoms with E-state index in [4.69, 9.17) is 9.84 Å². The van der Waals surface area contributed by atoms with E-state index < -0.39 is 12.1 Å². The van der Waals surface area contributed by atoms with Gasteiger partial charge >= 0.3 is 5.97 Å². The molecular weight excluding hydrogens is 342 g/mol.